The third-order valence-corrected chi connectivity index (χ3v) is 3.03. The number of rotatable bonds is 5. The van der Waals surface area contributed by atoms with Crippen LogP contribution in [0.1, 0.15) is 19.2 Å². The molecule has 1 aromatic carbocycles. The summed E-state index contributed by atoms with van der Waals surface area (Å²) in [6.07, 6.45) is 1.50. The largest absolute Gasteiger partial charge is 1.00 e. The monoisotopic (exact) mass is 306 g/mol. The van der Waals surface area contributed by atoms with E-state index in [4.69, 9.17) is 0 Å². The van der Waals surface area contributed by atoms with Gasteiger partial charge < -0.3 is 17.5 Å². The van der Waals surface area contributed by atoms with Crippen molar-refractivity contribution in [2.45, 2.75) is 26.3 Å². The molecule has 0 spiro atoms. The van der Waals surface area contributed by atoms with Gasteiger partial charge in [-0.3, -0.25) is 0 Å². The van der Waals surface area contributed by atoms with Crippen molar-refractivity contribution in [1.29, 1.82) is 0 Å². The normalized spacial score (nSPS) is 11.4. The van der Waals surface area contributed by atoms with E-state index in [-0.39, 0.29) is 57.9 Å². The molecule has 1 heterocycles. The Morgan fingerprint density at radius 3 is 2.55 bits per heavy atom. The van der Waals surface area contributed by atoms with E-state index in [1.165, 1.54) is 0 Å². The third-order valence-electron chi connectivity index (χ3n) is 3.03. The van der Waals surface area contributed by atoms with Gasteiger partial charge >= 0.3 is 58.4 Å². The zero-order valence-corrected chi connectivity index (χ0v) is 14.9. The Labute approximate surface area is 158 Å². The van der Waals surface area contributed by atoms with Gasteiger partial charge in [0, 0.05) is 13.0 Å². The summed E-state index contributed by atoms with van der Waals surface area (Å²) < 4.78 is 39.7. The summed E-state index contributed by atoms with van der Waals surface area (Å²) in [6, 6.07) is 7.24. The van der Waals surface area contributed by atoms with Crippen LogP contribution >= 0.6 is 0 Å². The SMILES string of the molecule is C=C(Cn1c(CCC)nc2ccccc21)[B-](F)(F)F.[K+]. The van der Waals surface area contributed by atoms with E-state index < -0.39 is 12.4 Å². The molecule has 2 rings (SSSR count). The standard InChI is InChI=1S/C13H15BF3N2.K/c1-3-6-13-18-11-7-4-5-8-12(11)19(13)9-10(2)14(15,16)17;/h4-5,7-8H,2-3,6,9H2,1H3;/q-1;+1. The van der Waals surface area contributed by atoms with Crippen LogP contribution in [0.4, 0.5) is 12.9 Å². The molecular formula is C13H15BF3KN2. The van der Waals surface area contributed by atoms with Crippen molar-refractivity contribution in [2.75, 3.05) is 0 Å². The number of hydrogen-bond donors (Lipinski definition) is 0. The van der Waals surface area contributed by atoms with Gasteiger partial charge in [-0.2, -0.15) is 0 Å². The van der Waals surface area contributed by atoms with Crippen molar-refractivity contribution in [3.8, 4) is 0 Å². The summed E-state index contributed by atoms with van der Waals surface area (Å²) in [5.74, 6) is 0.685. The second kappa shape index (κ2) is 7.27. The molecule has 0 N–H and O–H groups in total. The number of fused-ring (bicyclic) bond motifs is 1. The number of nitrogens with zero attached hydrogens (tertiary/aromatic N) is 2. The molecule has 0 saturated carbocycles. The average molecular weight is 306 g/mol. The number of benzene rings is 1. The van der Waals surface area contributed by atoms with Crippen molar-refractivity contribution < 1.29 is 64.3 Å². The summed E-state index contributed by atoms with van der Waals surface area (Å²) in [4.78, 5) is 4.40. The maximum atomic E-state index is 12.7. The molecular weight excluding hydrogens is 291 g/mol. The van der Waals surface area contributed by atoms with E-state index >= 15 is 0 Å². The zero-order valence-electron chi connectivity index (χ0n) is 11.7. The molecule has 0 atom stereocenters. The molecule has 2 aromatic rings. The van der Waals surface area contributed by atoms with Crippen LogP contribution in [-0.2, 0) is 13.0 Å². The first kappa shape index (κ1) is 18.0. The number of allylic oxidation sites excluding steroid dienone is 1. The van der Waals surface area contributed by atoms with Crippen LogP contribution in [0.3, 0.4) is 0 Å². The van der Waals surface area contributed by atoms with E-state index in [9.17, 15) is 12.9 Å². The molecule has 0 amide bonds. The van der Waals surface area contributed by atoms with Gasteiger partial charge in [-0.15, -0.1) is 12.1 Å². The summed E-state index contributed by atoms with van der Waals surface area (Å²) in [7, 11) is 0. The fourth-order valence-corrected chi connectivity index (χ4v) is 2.02. The molecule has 0 saturated heterocycles. The van der Waals surface area contributed by atoms with Gasteiger partial charge in [-0.25, -0.2) is 4.98 Å². The Hall–Kier alpha value is -0.0787. The minimum Gasteiger partial charge on any atom is -0.445 e. The summed E-state index contributed by atoms with van der Waals surface area (Å²) in [6.45, 7) is -0.104. The van der Waals surface area contributed by atoms with Crippen molar-refractivity contribution in [3.05, 3.63) is 42.1 Å². The fourth-order valence-electron chi connectivity index (χ4n) is 2.02. The van der Waals surface area contributed by atoms with E-state index in [1.54, 1.807) is 16.7 Å². The number of para-hydroxylation sites is 2. The maximum absolute atomic E-state index is 12.7. The molecule has 0 bridgehead atoms. The van der Waals surface area contributed by atoms with E-state index in [1.807, 2.05) is 19.1 Å². The van der Waals surface area contributed by atoms with Gasteiger partial charge in [0.15, 0.2) is 0 Å². The number of aromatic nitrogens is 2. The number of aryl methyl sites for hydroxylation is 1. The first-order chi connectivity index (χ1) is 8.93. The Morgan fingerprint density at radius 2 is 1.95 bits per heavy atom. The molecule has 7 heteroatoms. The first-order valence-electron chi connectivity index (χ1n) is 6.25. The predicted octanol–water partition coefficient (Wildman–Crippen LogP) is 0.936. The van der Waals surface area contributed by atoms with Crippen LogP contribution in [-0.4, -0.2) is 16.5 Å². The zero-order chi connectivity index (χ0) is 14.0. The van der Waals surface area contributed by atoms with Gasteiger partial charge in [-0.1, -0.05) is 19.1 Å². The van der Waals surface area contributed by atoms with Crippen LogP contribution < -0.4 is 51.4 Å². The number of hydrogen-bond acceptors (Lipinski definition) is 1. The second-order valence-electron chi connectivity index (χ2n) is 4.59. The molecule has 1 aromatic heterocycles. The van der Waals surface area contributed by atoms with Crippen LogP contribution in [0.15, 0.2) is 36.3 Å². The number of imidazole rings is 1. The van der Waals surface area contributed by atoms with E-state index in [0.29, 0.717) is 12.2 Å². The third kappa shape index (κ3) is 3.98. The van der Waals surface area contributed by atoms with Crippen LogP contribution in [0.5, 0.6) is 0 Å². The molecule has 0 fully saturated rings. The van der Waals surface area contributed by atoms with Crippen molar-refractivity contribution >= 4 is 18.0 Å². The average Bonchev–Trinajstić information content (AvgIpc) is 2.67. The quantitative estimate of drug-likeness (QED) is 0.752. The predicted molar refractivity (Wildman–Crippen MR) is 71.9 cm³/mol. The summed E-state index contributed by atoms with van der Waals surface area (Å²) in [5.41, 5.74) is 0.765. The van der Waals surface area contributed by atoms with Gasteiger partial charge in [0.25, 0.3) is 0 Å². The second-order valence-corrected chi connectivity index (χ2v) is 4.59. The molecule has 0 unspecified atom stereocenters. The van der Waals surface area contributed by atoms with Crippen LogP contribution in [0, 0.1) is 0 Å². The van der Waals surface area contributed by atoms with Crippen LogP contribution in [0.2, 0.25) is 0 Å². The molecule has 20 heavy (non-hydrogen) atoms. The maximum Gasteiger partial charge on any atom is 1.00 e. The smallest absolute Gasteiger partial charge is 0.445 e. The van der Waals surface area contributed by atoms with E-state index in [2.05, 4.69) is 11.6 Å². The molecule has 2 nitrogen and oxygen atoms in total. The molecule has 0 aliphatic heterocycles. The summed E-state index contributed by atoms with van der Waals surface area (Å²) in [5, 5.41) is 0. The Bertz CT molecular complexity index is 607. The molecule has 0 radical (unpaired) electrons. The van der Waals surface area contributed by atoms with E-state index in [0.717, 1.165) is 17.5 Å². The Kier molecular flexibility index (Phi) is 6.53. The van der Waals surface area contributed by atoms with Crippen molar-refractivity contribution in [1.82, 2.24) is 9.55 Å². The van der Waals surface area contributed by atoms with Crippen molar-refractivity contribution in [2.24, 2.45) is 0 Å². The fraction of sp³-hybridized carbons (Fsp3) is 0.308. The molecule has 0 aliphatic rings. The molecule has 102 valence electrons. The van der Waals surface area contributed by atoms with Gasteiger partial charge in [0.2, 0.25) is 0 Å². The topological polar surface area (TPSA) is 17.8 Å². The van der Waals surface area contributed by atoms with Crippen LogP contribution in [0.25, 0.3) is 11.0 Å². The minimum absolute atomic E-state index is 0. The van der Waals surface area contributed by atoms with Gasteiger partial charge in [-0.05, 0) is 18.6 Å². The Balaban J connectivity index is 0.00000200. The first-order valence-corrected chi connectivity index (χ1v) is 6.25. The molecule has 0 aliphatic carbocycles. The Morgan fingerprint density at radius 1 is 1.30 bits per heavy atom. The van der Waals surface area contributed by atoms with Gasteiger partial charge in [0.05, 0.1) is 11.0 Å². The van der Waals surface area contributed by atoms with Crippen molar-refractivity contribution in [3.63, 3.8) is 0 Å². The summed E-state index contributed by atoms with van der Waals surface area (Å²) >= 11 is 0. The van der Waals surface area contributed by atoms with Gasteiger partial charge in [0.1, 0.15) is 5.82 Å². The minimum atomic E-state index is -5.01. The number of halogens is 3.